The zero-order valence-corrected chi connectivity index (χ0v) is 18.4. The van der Waals surface area contributed by atoms with E-state index >= 15 is 0 Å². The summed E-state index contributed by atoms with van der Waals surface area (Å²) in [6.07, 6.45) is 4.07. The highest BCUT2D eigenvalue weighted by Gasteiger charge is 2.31. The highest BCUT2D eigenvalue weighted by molar-refractivity contribution is 6.30. The van der Waals surface area contributed by atoms with E-state index < -0.39 is 5.97 Å². The number of hydrogen-bond acceptors (Lipinski definition) is 3. The number of carbonyl (C=O) groups excluding carboxylic acids is 1. The average molecular weight is 448 g/mol. The van der Waals surface area contributed by atoms with Crippen LogP contribution in [0.15, 0.2) is 18.2 Å². The first-order valence-corrected chi connectivity index (χ1v) is 11.2. The second-order valence-corrected chi connectivity index (χ2v) is 9.17. The molecule has 2 aromatic rings. The summed E-state index contributed by atoms with van der Waals surface area (Å²) >= 11 is 5.86. The zero-order chi connectivity index (χ0) is 22.1. The molecule has 0 unspecified atom stereocenters. The van der Waals surface area contributed by atoms with Crippen molar-refractivity contribution in [3.8, 4) is 0 Å². The molecule has 4 rings (SSSR count). The van der Waals surface area contributed by atoms with Crippen molar-refractivity contribution < 1.29 is 19.1 Å². The Morgan fingerprint density at radius 1 is 1.26 bits per heavy atom. The fourth-order valence-corrected chi connectivity index (χ4v) is 4.98. The molecule has 0 radical (unpaired) electrons. The number of amides is 1. The molecular formula is C23H27ClFN3O3. The van der Waals surface area contributed by atoms with Gasteiger partial charge >= 0.3 is 5.97 Å². The van der Waals surface area contributed by atoms with Crippen LogP contribution in [0.1, 0.15) is 54.6 Å². The molecular weight excluding hydrogens is 421 g/mol. The van der Waals surface area contributed by atoms with Gasteiger partial charge in [0.05, 0.1) is 30.4 Å². The number of fused-ring (bicyclic) bond motifs is 1. The van der Waals surface area contributed by atoms with Crippen LogP contribution in [0.3, 0.4) is 0 Å². The maximum atomic E-state index is 14.3. The molecule has 2 aliphatic rings. The molecule has 1 amide bonds. The fourth-order valence-electron chi connectivity index (χ4n) is 4.82. The minimum absolute atomic E-state index is 0.104. The minimum atomic E-state index is -0.728. The first-order valence-electron chi connectivity index (χ1n) is 10.8. The van der Waals surface area contributed by atoms with E-state index in [2.05, 4.69) is 5.10 Å². The normalized spacial score (nSPS) is 21.1. The highest BCUT2D eigenvalue weighted by Crippen LogP contribution is 2.32. The van der Waals surface area contributed by atoms with Gasteiger partial charge < -0.3 is 10.0 Å². The maximum absolute atomic E-state index is 14.3. The Kier molecular flexibility index (Phi) is 6.32. The van der Waals surface area contributed by atoms with Gasteiger partial charge in [-0.3, -0.25) is 14.3 Å². The Hall–Kier alpha value is -2.41. The topological polar surface area (TPSA) is 75.4 Å². The number of carbonyl (C=O) groups is 2. The molecule has 1 aromatic heterocycles. The van der Waals surface area contributed by atoms with Gasteiger partial charge in [-0.15, -0.1) is 0 Å². The summed E-state index contributed by atoms with van der Waals surface area (Å²) in [5.41, 5.74) is 3.53. The summed E-state index contributed by atoms with van der Waals surface area (Å²) in [7, 11) is 0. The number of aryl methyl sites for hydroxylation is 1. The van der Waals surface area contributed by atoms with Gasteiger partial charge in [0.25, 0.3) is 0 Å². The van der Waals surface area contributed by atoms with Crippen LogP contribution in [-0.4, -0.2) is 38.2 Å². The van der Waals surface area contributed by atoms with Crippen molar-refractivity contribution in [2.75, 3.05) is 6.54 Å². The Labute approximate surface area is 186 Å². The van der Waals surface area contributed by atoms with Gasteiger partial charge in [-0.1, -0.05) is 17.7 Å². The summed E-state index contributed by atoms with van der Waals surface area (Å²) in [5, 5.41) is 14.1. The minimum Gasteiger partial charge on any atom is -0.481 e. The Morgan fingerprint density at radius 2 is 2.00 bits per heavy atom. The van der Waals surface area contributed by atoms with E-state index in [9.17, 15) is 14.0 Å². The Bertz CT molecular complexity index is 998. The quantitative estimate of drug-likeness (QED) is 0.745. The summed E-state index contributed by atoms with van der Waals surface area (Å²) in [4.78, 5) is 26.0. The third kappa shape index (κ3) is 4.76. The van der Waals surface area contributed by atoms with Crippen LogP contribution >= 0.6 is 11.6 Å². The molecule has 0 atom stereocenters. The number of carboxylic acid groups (broad SMARTS) is 1. The smallest absolute Gasteiger partial charge is 0.306 e. The summed E-state index contributed by atoms with van der Waals surface area (Å²) in [6.45, 7) is 3.36. The number of carboxylic acids is 1. The number of benzene rings is 1. The van der Waals surface area contributed by atoms with Crippen molar-refractivity contribution in [3.63, 3.8) is 0 Å². The molecule has 166 valence electrons. The zero-order valence-electron chi connectivity index (χ0n) is 17.6. The Balaban J connectivity index is 1.43. The standard InChI is InChI=1S/C23H27ClFN3O3/c1-14-19-8-9-27(22(29)10-15-2-4-16(5-3-15)23(30)31)13-21(19)28(26-14)12-17-6-7-18(24)11-20(17)25/h6-7,11,15-16H,2-5,8-10,12-13H2,1H3,(H,30,31). The monoisotopic (exact) mass is 447 g/mol. The van der Waals surface area contributed by atoms with Crippen molar-refractivity contribution in [1.82, 2.24) is 14.7 Å². The predicted octanol–water partition coefficient (Wildman–Crippen LogP) is 4.20. The van der Waals surface area contributed by atoms with E-state index in [-0.39, 0.29) is 23.6 Å². The molecule has 0 spiro atoms. The number of aromatic nitrogens is 2. The fraction of sp³-hybridized carbons (Fsp3) is 0.522. The first-order chi connectivity index (χ1) is 14.8. The largest absolute Gasteiger partial charge is 0.481 e. The molecule has 0 saturated heterocycles. The van der Waals surface area contributed by atoms with E-state index in [0.29, 0.717) is 49.5 Å². The molecule has 1 N–H and O–H groups in total. The third-order valence-electron chi connectivity index (χ3n) is 6.69. The molecule has 31 heavy (non-hydrogen) atoms. The van der Waals surface area contributed by atoms with Crippen molar-refractivity contribution >= 4 is 23.5 Å². The first kappa shape index (κ1) is 21.8. The molecule has 1 saturated carbocycles. The van der Waals surface area contributed by atoms with Gasteiger partial charge in [-0.2, -0.15) is 5.10 Å². The highest BCUT2D eigenvalue weighted by atomic mass is 35.5. The molecule has 2 heterocycles. The van der Waals surface area contributed by atoms with Crippen molar-refractivity contribution in [2.45, 2.75) is 58.5 Å². The summed E-state index contributed by atoms with van der Waals surface area (Å²) < 4.78 is 16.1. The maximum Gasteiger partial charge on any atom is 0.306 e. The van der Waals surface area contributed by atoms with E-state index in [1.165, 1.54) is 6.07 Å². The predicted molar refractivity (Wildman–Crippen MR) is 114 cm³/mol. The number of hydrogen-bond donors (Lipinski definition) is 1. The third-order valence-corrected chi connectivity index (χ3v) is 6.92. The van der Waals surface area contributed by atoms with Gasteiger partial charge in [0.1, 0.15) is 5.82 Å². The second kappa shape index (κ2) is 8.99. The van der Waals surface area contributed by atoms with E-state index in [4.69, 9.17) is 16.7 Å². The number of aliphatic carboxylic acids is 1. The van der Waals surface area contributed by atoms with Crippen molar-refractivity contribution in [2.24, 2.45) is 11.8 Å². The molecule has 1 aliphatic heterocycles. The van der Waals surface area contributed by atoms with Gasteiger partial charge in [0, 0.05) is 23.6 Å². The second-order valence-electron chi connectivity index (χ2n) is 8.73. The van der Waals surface area contributed by atoms with E-state index in [0.717, 1.165) is 36.2 Å². The summed E-state index contributed by atoms with van der Waals surface area (Å²) in [5.74, 6) is -1.01. The van der Waals surface area contributed by atoms with Crippen LogP contribution < -0.4 is 0 Å². The van der Waals surface area contributed by atoms with Gasteiger partial charge in [0.15, 0.2) is 0 Å². The average Bonchev–Trinajstić information content (AvgIpc) is 3.05. The van der Waals surface area contributed by atoms with Crippen molar-refractivity contribution in [3.05, 3.63) is 51.6 Å². The molecule has 1 fully saturated rings. The van der Waals surface area contributed by atoms with Crippen LogP contribution in [-0.2, 0) is 29.1 Å². The van der Waals surface area contributed by atoms with Crippen LogP contribution in [0, 0.1) is 24.6 Å². The number of rotatable bonds is 5. The molecule has 0 bridgehead atoms. The lowest BCUT2D eigenvalue weighted by Gasteiger charge is -2.31. The lowest BCUT2D eigenvalue weighted by atomic mass is 9.80. The van der Waals surface area contributed by atoms with Gasteiger partial charge in [-0.25, -0.2) is 4.39 Å². The van der Waals surface area contributed by atoms with Crippen LogP contribution in [0.4, 0.5) is 4.39 Å². The molecule has 8 heteroatoms. The van der Waals surface area contributed by atoms with E-state index in [1.54, 1.807) is 16.8 Å². The lowest BCUT2D eigenvalue weighted by molar-refractivity contribution is -0.143. The molecule has 6 nitrogen and oxygen atoms in total. The Morgan fingerprint density at radius 3 is 2.68 bits per heavy atom. The van der Waals surface area contributed by atoms with Crippen LogP contribution in [0.2, 0.25) is 5.02 Å². The van der Waals surface area contributed by atoms with Gasteiger partial charge in [0.2, 0.25) is 5.91 Å². The molecule has 1 aromatic carbocycles. The number of halogens is 2. The number of nitrogens with zero attached hydrogens (tertiary/aromatic N) is 3. The lowest BCUT2D eigenvalue weighted by Crippen LogP contribution is -2.38. The van der Waals surface area contributed by atoms with E-state index in [1.807, 2.05) is 11.8 Å². The van der Waals surface area contributed by atoms with Gasteiger partial charge in [-0.05, 0) is 62.6 Å². The van der Waals surface area contributed by atoms with Crippen molar-refractivity contribution in [1.29, 1.82) is 0 Å². The molecule has 1 aliphatic carbocycles. The SMILES string of the molecule is Cc1nn(Cc2ccc(Cl)cc2F)c2c1CCN(C(=O)CC1CCC(C(=O)O)CC1)C2. The van der Waals surface area contributed by atoms with Crippen LogP contribution in [0.25, 0.3) is 0 Å². The van der Waals surface area contributed by atoms with Crippen LogP contribution in [0.5, 0.6) is 0 Å². The summed E-state index contributed by atoms with van der Waals surface area (Å²) in [6, 6.07) is 4.63.